The number of fused-ring (bicyclic) bond motifs is 3. The number of ether oxygens (including phenoxy) is 1. The van der Waals surface area contributed by atoms with Gasteiger partial charge in [-0.25, -0.2) is 9.18 Å². The summed E-state index contributed by atoms with van der Waals surface area (Å²) >= 11 is 0. The number of esters is 1. The van der Waals surface area contributed by atoms with Gasteiger partial charge in [0.2, 0.25) is 0 Å². The second-order valence-electron chi connectivity index (χ2n) is 6.49. The van der Waals surface area contributed by atoms with Crippen LogP contribution in [0.2, 0.25) is 0 Å². The summed E-state index contributed by atoms with van der Waals surface area (Å²) in [6.07, 6.45) is 0. The largest absolute Gasteiger partial charge is 0.455 e. The molecular weight excluding hydrogens is 291 g/mol. The van der Waals surface area contributed by atoms with Crippen LogP contribution in [-0.4, -0.2) is 11.6 Å². The first-order valence-electron chi connectivity index (χ1n) is 7.59. The van der Waals surface area contributed by atoms with Crippen LogP contribution < -0.4 is 0 Å². The van der Waals surface area contributed by atoms with Crippen molar-refractivity contribution >= 4 is 5.97 Å². The first-order chi connectivity index (χ1) is 10.8. The summed E-state index contributed by atoms with van der Waals surface area (Å²) in [5.74, 6) is -1.08. The fraction of sp³-hybridized carbons (Fsp3) is 0.250. The number of hydrogen-bond donors (Lipinski definition) is 0. The summed E-state index contributed by atoms with van der Waals surface area (Å²) in [4.78, 5) is 12.0. The standard InChI is InChI=1S/C20H19FO2/c1-12(2)19(22)23-20(3,4)18-15-9-6-5-8-13(15)14-10-7-11-16(21)17(14)18/h5-11,18H,1H2,2-4H3. The number of carbonyl (C=O) groups excluding carboxylic acids is 1. The van der Waals surface area contributed by atoms with Crippen molar-refractivity contribution < 1.29 is 13.9 Å². The summed E-state index contributed by atoms with van der Waals surface area (Å²) < 4.78 is 20.2. The van der Waals surface area contributed by atoms with Crippen LogP contribution in [0.5, 0.6) is 0 Å². The van der Waals surface area contributed by atoms with Crippen LogP contribution in [-0.2, 0) is 9.53 Å². The molecule has 0 spiro atoms. The number of halogens is 1. The Bertz CT molecular complexity index is 805. The average Bonchev–Trinajstić information content (AvgIpc) is 2.83. The molecule has 0 saturated carbocycles. The first kappa shape index (κ1) is 15.5. The maximum Gasteiger partial charge on any atom is 0.333 e. The zero-order chi connectivity index (χ0) is 16.8. The molecule has 1 aliphatic carbocycles. The van der Waals surface area contributed by atoms with Crippen LogP contribution in [0.25, 0.3) is 11.1 Å². The lowest BCUT2D eigenvalue weighted by Crippen LogP contribution is -2.35. The van der Waals surface area contributed by atoms with E-state index in [2.05, 4.69) is 6.58 Å². The SMILES string of the molecule is C=C(C)C(=O)OC(C)(C)C1c2ccccc2-c2cccc(F)c21. The number of carbonyl (C=O) groups is 1. The van der Waals surface area contributed by atoms with E-state index in [-0.39, 0.29) is 11.7 Å². The lowest BCUT2D eigenvalue weighted by Gasteiger charge is -2.33. The topological polar surface area (TPSA) is 26.3 Å². The van der Waals surface area contributed by atoms with Gasteiger partial charge in [0.1, 0.15) is 11.4 Å². The van der Waals surface area contributed by atoms with Crippen molar-refractivity contribution in [2.75, 3.05) is 0 Å². The van der Waals surface area contributed by atoms with Gasteiger partial charge in [-0.15, -0.1) is 0 Å². The van der Waals surface area contributed by atoms with Crippen molar-refractivity contribution in [3.8, 4) is 11.1 Å². The lowest BCUT2D eigenvalue weighted by atomic mass is 9.82. The van der Waals surface area contributed by atoms with E-state index in [0.29, 0.717) is 11.1 Å². The van der Waals surface area contributed by atoms with Gasteiger partial charge in [0.05, 0.1) is 5.92 Å². The Kier molecular flexibility index (Phi) is 3.59. The Morgan fingerprint density at radius 2 is 1.78 bits per heavy atom. The zero-order valence-electron chi connectivity index (χ0n) is 13.5. The van der Waals surface area contributed by atoms with E-state index >= 15 is 0 Å². The van der Waals surface area contributed by atoms with Gasteiger partial charge in [-0.2, -0.15) is 0 Å². The van der Waals surface area contributed by atoms with Gasteiger partial charge in [0, 0.05) is 11.1 Å². The predicted octanol–water partition coefficient (Wildman–Crippen LogP) is 4.84. The van der Waals surface area contributed by atoms with Crippen molar-refractivity contribution in [3.05, 3.63) is 71.6 Å². The van der Waals surface area contributed by atoms with E-state index < -0.39 is 11.6 Å². The van der Waals surface area contributed by atoms with Gasteiger partial charge in [-0.05, 0) is 43.5 Å². The summed E-state index contributed by atoms with van der Waals surface area (Å²) in [5, 5.41) is 0. The quantitative estimate of drug-likeness (QED) is 0.599. The van der Waals surface area contributed by atoms with E-state index in [4.69, 9.17) is 4.74 Å². The number of hydrogen-bond acceptors (Lipinski definition) is 2. The molecule has 0 saturated heterocycles. The normalized spacial score (nSPS) is 15.7. The average molecular weight is 310 g/mol. The third-order valence-electron chi connectivity index (χ3n) is 4.30. The molecule has 0 heterocycles. The Balaban J connectivity index is 2.16. The van der Waals surface area contributed by atoms with Crippen molar-refractivity contribution in [1.29, 1.82) is 0 Å². The molecule has 118 valence electrons. The van der Waals surface area contributed by atoms with Crippen molar-refractivity contribution in [1.82, 2.24) is 0 Å². The van der Waals surface area contributed by atoms with Crippen LogP contribution in [0.3, 0.4) is 0 Å². The first-order valence-corrected chi connectivity index (χ1v) is 7.59. The Morgan fingerprint density at radius 1 is 1.13 bits per heavy atom. The molecule has 23 heavy (non-hydrogen) atoms. The van der Waals surface area contributed by atoms with Crippen LogP contribution >= 0.6 is 0 Å². The molecule has 0 aromatic heterocycles. The van der Waals surface area contributed by atoms with Gasteiger partial charge >= 0.3 is 5.97 Å². The molecule has 1 unspecified atom stereocenters. The highest BCUT2D eigenvalue weighted by Gasteiger charge is 2.43. The van der Waals surface area contributed by atoms with Crippen molar-refractivity contribution in [2.45, 2.75) is 32.3 Å². The van der Waals surface area contributed by atoms with Crippen LogP contribution in [0.1, 0.15) is 37.8 Å². The molecule has 1 atom stereocenters. The Hall–Kier alpha value is -2.42. The molecule has 0 amide bonds. The third-order valence-corrected chi connectivity index (χ3v) is 4.30. The molecule has 3 heteroatoms. The highest BCUT2D eigenvalue weighted by Crippen LogP contribution is 2.51. The van der Waals surface area contributed by atoms with Gasteiger partial charge < -0.3 is 4.74 Å². The number of benzene rings is 2. The molecule has 2 nitrogen and oxygen atoms in total. The van der Waals surface area contributed by atoms with Crippen LogP contribution in [0, 0.1) is 5.82 Å². The zero-order valence-corrected chi connectivity index (χ0v) is 13.5. The summed E-state index contributed by atoms with van der Waals surface area (Å²) in [7, 11) is 0. The highest BCUT2D eigenvalue weighted by molar-refractivity contribution is 5.87. The van der Waals surface area contributed by atoms with E-state index in [0.717, 1.165) is 16.7 Å². The lowest BCUT2D eigenvalue weighted by molar-refractivity contribution is -0.152. The van der Waals surface area contributed by atoms with Gasteiger partial charge in [0.25, 0.3) is 0 Å². The van der Waals surface area contributed by atoms with Crippen molar-refractivity contribution in [2.24, 2.45) is 0 Å². The van der Waals surface area contributed by atoms with Crippen LogP contribution in [0.4, 0.5) is 4.39 Å². The monoisotopic (exact) mass is 310 g/mol. The molecule has 0 aliphatic heterocycles. The van der Waals surface area contributed by atoms with Gasteiger partial charge in [-0.3, -0.25) is 0 Å². The smallest absolute Gasteiger partial charge is 0.333 e. The summed E-state index contributed by atoms with van der Waals surface area (Å²) in [5.41, 5.74) is 2.87. The minimum Gasteiger partial charge on any atom is -0.455 e. The molecule has 0 fully saturated rings. The van der Waals surface area contributed by atoms with E-state index in [9.17, 15) is 9.18 Å². The molecular formula is C20H19FO2. The fourth-order valence-corrected chi connectivity index (χ4v) is 3.32. The van der Waals surface area contributed by atoms with Crippen molar-refractivity contribution in [3.63, 3.8) is 0 Å². The molecule has 2 aromatic rings. The Morgan fingerprint density at radius 3 is 2.48 bits per heavy atom. The molecule has 1 aliphatic rings. The predicted molar refractivity (Wildman–Crippen MR) is 88.7 cm³/mol. The number of rotatable bonds is 3. The maximum absolute atomic E-state index is 14.6. The molecule has 3 rings (SSSR count). The van der Waals surface area contributed by atoms with E-state index in [1.165, 1.54) is 6.07 Å². The fourth-order valence-electron chi connectivity index (χ4n) is 3.32. The van der Waals surface area contributed by atoms with Gasteiger partial charge in [-0.1, -0.05) is 43.0 Å². The summed E-state index contributed by atoms with van der Waals surface area (Å²) in [6, 6.07) is 12.9. The molecule has 0 radical (unpaired) electrons. The van der Waals surface area contributed by atoms with E-state index in [1.54, 1.807) is 13.0 Å². The summed E-state index contributed by atoms with van der Waals surface area (Å²) in [6.45, 7) is 8.86. The minimum absolute atomic E-state index is 0.275. The van der Waals surface area contributed by atoms with Crippen LogP contribution in [0.15, 0.2) is 54.6 Å². The third kappa shape index (κ3) is 2.46. The van der Waals surface area contributed by atoms with E-state index in [1.807, 2.05) is 44.2 Å². The second kappa shape index (κ2) is 5.34. The molecule has 2 aromatic carbocycles. The minimum atomic E-state index is -0.889. The highest BCUT2D eigenvalue weighted by atomic mass is 19.1. The van der Waals surface area contributed by atoms with Gasteiger partial charge in [0.15, 0.2) is 0 Å². The second-order valence-corrected chi connectivity index (χ2v) is 6.49. The molecule has 0 bridgehead atoms. The maximum atomic E-state index is 14.6. The Labute approximate surface area is 135 Å². The molecule has 0 N–H and O–H groups in total.